The molecule has 42 heavy (non-hydrogen) atoms. The van der Waals surface area contributed by atoms with Crippen LogP contribution in [0.1, 0.15) is 33.5 Å². The Morgan fingerprint density at radius 1 is 0.833 bits per heavy atom. The van der Waals surface area contributed by atoms with E-state index in [2.05, 4.69) is 10.6 Å². The van der Waals surface area contributed by atoms with E-state index in [9.17, 15) is 19.2 Å². The predicted molar refractivity (Wildman–Crippen MR) is 166 cm³/mol. The van der Waals surface area contributed by atoms with Crippen LogP contribution in [0.4, 0.5) is 11.4 Å². The molecule has 2 N–H and O–H groups in total. The molecular weight excluding hydrogens is 546 g/mol. The van der Waals surface area contributed by atoms with Crippen LogP contribution in [0.2, 0.25) is 0 Å². The van der Waals surface area contributed by atoms with Crippen LogP contribution in [-0.4, -0.2) is 28.9 Å². The summed E-state index contributed by atoms with van der Waals surface area (Å²) in [5, 5.41) is 5.05. The van der Waals surface area contributed by atoms with Crippen molar-refractivity contribution in [1.29, 1.82) is 0 Å². The summed E-state index contributed by atoms with van der Waals surface area (Å²) in [6.07, 6.45) is 1.75. The second-order valence-corrected chi connectivity index (χ2v) is 11.3. The zero-order valence-electron chi connectivity index (χ0n) is 23.2. The van der Waals surface area contributed by atoms with Gasteiger partial charge in [0.15, 0.2) is 0 Å². The summed E-state index contributed by atoms with van der Waals surface area (Å²) in [7, 11) is 0. The van der Waals surface area contributed by atoms with Crippen LogP contribution in [0.5, 0.6) is 0 Å². The van der Waals surface area contributed by atoms with E-state index in [1.54, 1.807) is 66.7 Å². The maximum absolute atomic E-state index is 13.3. The number of amides is 4. The van der Waals surface area contributed by atoms with Crippen LogP contribution in [0.3, 0.4) is 0 Å². The molecule has 1 aliphatic heterocycles. The fourth-order valence-electron chi connectivity index (χ4n) is 4.51. The summed E-state index contributed by atoms with van der Waals surface area (Å²) < 4.78 is 0. The lowest BCUT2D eigenvalue weighted by molar-refractivity contribution is -0.121. The lowest BCUT2D eigenvalue weighted by Gasteiger charge is -2.15. The van der Waals surface area contributed by atoms with E-state index in [1.807, 2.05) is 56.3 Å². The lowest BCUT2D eigenvalue weighted by Crippen LogP contribution is -2.31. The molecule has 1 atom stereocenters. The van der Waals surface area contributed by atoms with Crippen molar-refractivity contribution in [2.75, 3.05) is 10.2 Å². The van der Waals surface area contributed by atoms with Gasteiger partial charge in [0.2, 0.25) is 11.8 Å². The number of benzene rings is 4. The molecule has 1 saturated heterocycles. The van der Waals surface area contributed by atoms with Crippen molar-refractivity contribution in [3.8, 4) is 0 Å². The molecule has 0 saturated carbocycles. The second-order valence-electron chi connectivity index (χ2n) is 9.98. The van der Waals surface area contributed by atoms with Crippen molar-refractivity contribution in [3.05, 3.63) is 131 Å². The van der Waals surface area contributed by atoms with Gasteiger partial charge in [0.25, 0.3) is 11.8 Å². The molecule has 1 aliphatic rings. The van der Waals surface area contributed by atoms with Gasteiger partial charge in [0.1, 0.15) is 5.70 Å². The number of anilines is 2. The molecule has 7 nitrogen and oxygen atoms in total. The smallest absolute Gasteiger partial charge is 0.272 e. The van der Waals surface area contributed by atoms with E-state index in [0.717, 1.165) is 21.6 Å². The number of aryl methyl sites for hydroxylation is 2. The molecule has 0 spiro atoms. The first-order valence-electron chi connectivity index (χ1n) is 13.4. The van der Waals surface area contributed by atoms with Gasteiger partial charge in [-0.3, -0.25) is 19.2 Å². The quantitative estimate of drug-likeness (QED) is 0.195. The number of thioether (sulfide) groups is 1. The summed E-state index contributed by atoms with van der Waals surface area (Å²) in [6.45, 7) is 3.90. The van der Waals surface area contributed by atoms with Gasteiger partial charge in [-0.25, -0.2) is 4.90 Å². The first-order chi connectivity index (χ1) is 20.3. The van der Waals surface area contributed by atoms with Gasteiger partial charge < -0.3 is 10.6 Å². The molecule has 1 unspecified atom stereocenters. The topological polar surface area (TPSA) is 95.6 Å². The number of nitrogens with zero attached hydrogens (tertiary/aromatic N) is 1. The Morgan fingerprint density at radius 2 is 1.55 bits per heavy atom. The van der Waals surface area contributed by atoms with E-state index < -0.39 is 17.1 Å². The highest BCUT2D eigenvalue weighted by molar-refractivity contribution is 8.00. The highest BCUT2D eigenvalue weighted by atomic mass is 32.2. The molecule has 5 rings (SSSR count). The Bertz CT molecular complexity index is 1670. The molecule has 0 aromatic heterocycles. The summed E-state index contributed by atoms with van der Waals surface area (Å²) in [5.74, 6) is -1.35. The SMILES string of the molecule is Cc1ccc(N2C(=O)CC(Sc3ccc(NC(=O)/C(=C/c4cccc(C)c4)NC(=O)c4ccccc4)cc3)C2=O)cc1. The fourth-order valence-corrected chi connectivity index (χ4v) is 5.56. The Morgan fingerprint density at radius 3 is 2.24 bits per heavy atom. The van der Waals surface area contributed by atoms with E-state index in [-0.39, 0.29) is 23.9 Å². The van der Waals surface area contributed by atoms with E-state index in [1.165, 1.54) is 16.7 Å². The van der Waals surface area contributed by atoms with Gasteiger partial charge >= 0.3 is 0 Å². The van der Waals surface area contributed by atoms with Crippen LogP contribution in [0, 0.1) is 13.8 Å². The molecule has 0 radical (unpaired) electrons. The third-order valence-electron chi connectivity index (χ3n) is 6.67. The van der Waals surface area contributed by atoms with E-state index in [4.69, 9.17) is 0 Å². The first kappa shape index (κ1) is 28.6. The number of hydrogen-bond donors (Lipinski definition) is 2. The van der Waals surface area contributed by atoms with Crippen LogP contribution in [0.25, 0.3) is 6.08 Å². The lowest BCUT2D eigenvalue weighted by atomic mass is 10.1. The molecular formula is C34H29N3O4S. The Balaban J connectivity index is 1.28. The average molecular weight is 576 g/mol. The van der Waals surface area contributed by atoms with Crippen molar-refractivity contribution in [3.63, 3.8) is 0 Å². The molecule has 4 aromatic rings. The number of nitrogens with one attached hydrogen (secondary N) is 2. The number of rotatable bonds is 8. The molecule has 0 aliphatic carbocycles. The van der Waals surface area contributed by atoms with Gasteiger partial charge in [-0.05, 0) is 74.0 Å². The zero-order valence-corrected chi connectivity index (χ0v) is 24.0. The van der Waals surface area contributed by atoms with Crippen LogP contribution in [0.15, 0.2) is 114 Å². The monoisotopic (exact) mass is 575 g/mol. The second kappa shape index (κ2) is 12.7. The van der Waals surface area contributed by atoms with Gasteiger partial charge in [0, 0.05) is 22.6 Å². The normalized spacial score (nSPS) is 15.0. The van der Waals surface area contributed by atoms with Gasteiger partial charge in [0.05, 0.1) is 10.9 Å². The number of imide groups is 1. The highest BCUT2D eigenvalue weighted by Crippen LogP contribution is 2.34. The summed E-state index contributed by atoms with van der Waals surface area (Å²) in [5.41, 5.74) is 4.47. The minimum atomic E-state index is -0.531. The van der Waals surface area contributed by atoms with Crippen LogP contribution in [-0.2, 0) is 14.4 Å². The Kier molecular flexibility index (Phi) is 8.64. The van der Waals surface area contributed by atoms with Gasteiger partial charge in [-0.15, -0.1) is 11.8 Å². The average Bonchev–Trinajstić information content (AvgIpc) is 3.26. The zero-order chi connectivity index (χ0) is 29.6. The number of carbonyl (C=O) groups excluding carboxylic acids is 4. The van der Waals surface area contributed by atoms with Crippen LogP contribution < -0.4 is 15.5 Å². The standard InChI is InChI=1S/C34H29N3O4S/c1-22-11-15-27(16-12-22)37-31(38)21-30(34(37)41)42-28-17-13-26(14-18-28)35-33(40)29(20-24-8-6-7-23(2)19-24)36-32(39)25-9-4-3-5-10-25/h3-20,30H,21H2,1-2H3,(H,35,40)(H,36,39)/b29-20-. The maximum Gasteiger partial charge on any atom is 0.272 e. The Hall–Kier alpha value is -4.95. The number of carbonyl (C=O) groups is 4. The van der Waals surface area contributed by atoms with Crippen LogP contribution >= 0.6 is 11.8 Å². The third kappa shape index (κ3) is 6.85. The highest BCUT2D eigenvalue weighted by Gasteiger charge is 2.40. The minimum Gasteiger partial charge on any atom is -0.321 e. The van der Waals surface area contributed by atoms with E-state index >= 15 is 0 Å². The molecule has 4 amide bonds. The minimum absolute atomic E-state index is 0.0965. The Labute approximate surface area is 248 Å². The van der Waals surface area contributed by atoms with E-state index in [0.29, 0.717) is 16.9 Å². The first-order valence-corrected chi connectivity index (χ1v) is 14.3. The largest absolute Gasteiger partial charge is 0.321 e. The molecule has 1 fully saturated rings. The van der Waals surface area contributed by atoms with Gasteiger partial charge in [-0.1, -0.05) is 65.7 Å². The van der Waals surface area contributed by atoms with Crippen molar-refractivity contribution >= 4 is 52.8 Å². The third-order valence-corrected chi connectivity index (χ3v) is 7.87. The fraction of sp³-hybridized carbons (Fsp3) is 0.118. The number of hydrogen-bond acceptors (Lipinski definition) is 5. The molecule has 0 bridgehead atoms. The molecule has 4 aromatic carbocycles. The van der Waals surface area contributed by atoms with Crippen molar-refractivity contribution < 1.29 is 19.2 Å². The van der Waals surface area contributed by atoms with Gasteiger partial charge in [-0.2, -0.15) is 0 Å². The maximum atomic E-state index is 13.3. The molecule has 1 heterocycles. The summed E-state index contributed by atoms with van der Waals surface area (Å²) >= 11 is 1.31. The van der Waals surface area contributed by atoms with Crippen molar-refractivity contribution in [2.45, 2.75) is 30.4 Å². The molecule has 210 valence electrons. The summed E-state index contributed by atoms with van der Waals surface area (Å²) in [6, 6.07) is 30.6. The summed E-state index contributed by atoms with van der Waals surface area (Å²) in [4.78, 5) is 53.9. The van der Waals surface area contributed by atoms with Crippen molar-refractivity contribution in [2.24, 2.45) is 0 Å². The molecule has 8 heteroatoms. The predicted octanol–water partition coefficient (Wildman–Crippen LogP) is 6.14. The van der Waals surface area contributed by atoms with Crippen molar-refractivity contribution in [1.82, 2.24) is 5.32 Å².